The molecule has 3 N–H and O–H groups in total. The first-order valence-electron chi connectivity index (χ1n) is 4.64. The summed E-state index contributed by atoms with van der Waals surface area (Å²) in [5.41, 5.74) is 0. The highest BCUT2D eigenvalue weighted by Crippen LogP contribution is 2.01. The minimum Gasteiger partial charge on any atom is -0.394 e. The van der Waals surface area contributed by atoms with Crippen molar-refractivity contribution < 1.29 is 19.7 Å². The van der Waals surface area contributed by atoms with E-state index in [-0.39, 0.29) is 25.0 Å². The van der Waals surface area contributed by atoms with E-state index in [9.17, 15) is 4.79 Å². The monoisotopic (exact) mass is 205 g/mol. The molecular formula is C9H19NO4. The fourth-order valence-electron chi connectivity index (χ4n) is 1.10. The van der Waals surface area contributed by atoms with E-state index in [2.05, 4.69) is 5.32 Å². The summed E-state index contributed by atoms with van der Waals surface area (Å²) in [7, 11) is 1.58. The second kappa shape index (κ2) is 7.73. The molecule has 1 unspecified atom stereocenters. The third-order valence-corrected chi connectivity index (χ3v) is 1.79. The number of ether oxygens (including phenoxy) is 1. The zero-order valence-corrected chi connectivity index (χ0v) is 8.69. The number of carbonyl (C=O) groups is 1. The molecule has 1 atom stereocenters. The fraction of sp³-hybridized carbons (Fsp3) is 0.889. The van der Waals surface area contributed by atoms with Gasteiger partial charge in [-0.1, -0.05) is 6.92 Å². The van der Waals surface area contributed by atoms with Crippen LogP contribution in [0.15, 0.2) is 0 Å². The predicted octanol–water partition coefficient (Wildman–Crippen LogP) is -0.872. The lowest BCUT2D eigenvalue weighted by atomic mass is 10.1. The third-order valence-electron chi connectivity index (χ3n) is 1.79. The highest BCUT2D eigenvalue weighted by atomic mass is 16.5. The van der Waals surface area contributed by atoms with E-state index in [1.807, 2.05) is 6.92 Å². The molecule has 0 aliphatic rings. The number of aliphatic hydroxyl groups excluding tert-OH is 2. The van der Waals surface area contributed by atoms with E-state index in [4.69, 9.17) is 14.9 Å². The van der Waals surface area contributed by atoms with Gasteiger partial charge in [-0.15, -0.1) is 0 Å². The van der Waals surface area contributed by atoms with E-state index in [0.29, 0.717) is 13.0 Å². The molecule has 84 valence electrons. The van der Waals surface area contributed by atoms with Crippen molar-refractivity contribution in [3.63, 3.8) is 0 Å². The molecule has 0 bridgehead atoms. The molecule has 0 rings (SSSR count). The van der Waals surface area contributed by atoms with Gasteiger partial charge in [0.1, 0.15) is 0 Å². The van der Waals surface area contributed by atoms with Gasteiger partial charge in [-0.25, -0.2) is 0 Å². The van der Waals surface area contributed by atoms with Gasteiger partial charge >= 0.3 is 0 Å². The highest BCUT2D eigenvalue weighted by molar-refractivity contribution is 5.76. The Bertz CT molecular complexity index is 159. The summed E-state index contributed by atoms with van der Waals surface area (Å²) in [6.07, 6.45) is 0.338. The second-order valence-electron chi connectivity index (χ2n) is 3.39. The molecule has 0 fully saturated rings. The van der Waals surface area contributed by atoms with Crippen molar-refractivity contribution >= 4 is 5.91 Å². The Morgan fingerprint density at radius 3 is 2.43 bits per heavy atom. The quantitative estimate of drug-likeness (QED) is 0.505. The minimum atomic E-state index is -0.558. The maximum Gasteiger partial charge on any atom is 0.220 e. The number of nitrogens with one attached hydrogen (secondary N) is 1. The molecule has 0 aromatic heterocycles. The van der Waals surface area contributed by atoms with Crippen LogP contribution in [0.25, 0.3) is 0 Å². The Kier molecular flexibility index (Phi) is 7.37. The molecule has 0 saturated carbocycles. The van der Waals surface area contributed by atoms with Gasteiger partial charge in [0, 0.05) is 20.1 Å². The third kappa shape index (κ3) is 5.90. The summed E-state index contributed by atoms with van der Waals surface area (Å²) in [5.74, 6) is -0.0410. The lowest BCUT2D eigenvalue weighted by molar-refractivity contribution is -0.123. The van der Waals surface area contributed by atoms with E-state index in [0.717, 1.165) is 0 Å². The summed E-state index contributed by atoms with van der Waals surface area (Å²) in [6, 6.07) is -0.558. The van der Waals surface area contributed by atoms with Crippen LogP contribution in [0, 0.1) is 5.92 Å². The first-order chi connectivity index (χ1) is 6.63. The number of rotatable bonds is 7. The Morgan fingerprint density at radius 1 is 1.43 bits per heavy atom. The van der Waals surface area contributed by atoms with Crippen molar-refractivity contribution in [2.75, 3.05) is 26.9 Å². The number of hydrogen-bond donors (Lipinski definition) is 3. The van der Waals surface area contributed by atoms with E-state index in [1.54, 1.807) is 7.11 Å². The molecule has 0 aromatic carbocycles. The van der Waals surface area contributed by atoms with E-state index >= 15 is 0 Å². The van der Waals surface area contributed by atoms with Gasteiger partial charge in [-0.2, -0.15) is 0 Å². The molecule has 0 aliphatic carbocycles. The zero-order chi connectivity index (χ0) is 11.0. The van der Waals surface area contributed by atoms with Crippen molar-refractivity contribution in [2.45, 2.75) is 19.4 Å². The SMILES string of the molecule is COCC(C)CC(=O)NC(CO)CO. The first-order valence-corrected chi connectivity index (χ1v) is 4.64. The summed E-state index contributed by atoms with van der Waals surface area (Å²) in [4.78, 5) is 11.3. The Balaban J connectivity index is 3.73. The Hall–Kier alpha value is -0.650. The second-order valence-corrected chi connectivity index (χ2v) is 3.39. The zero-order valence-electron chi connectivity index (χ0n) is 8.69. The van der Waals surface area contributed by atoms with Gasteiger partial charge in [0.2, 0.25) is 5.91 Å². The Morgan fingerprint density at radius 2 is 2.00 bits per heavy atom. The molecule has 1 amide bonds. The van der Waals surface area contributed by atoms with Crippen LogP contribution in [0.2, 0.25) is 0 Å². The maximum atomic E-state index is 11.3. The molecular weight excluding hydrogens is 186 g/mol. The van der Waals surface area contributed by atoms with Gasteiger partial charge < -0.3 is 20.3 Å². The van der Waals surface area contributed by atoms with E-state index < -0.39 is 6.04 Å². The predicted molar refractivity (Wildman–Crippen MR) is 51.8 cm³/mol. The van der Waals surface area contributed by atoms with Gasteiger partial charge in [0.25, 0.3) is 0 Å². The summed E-state index contributed by atoms with van der Waals surface area (Å²) >= 11 is 0. The average Bonchev–Trinajstić information content (AvgIpc) is 2.14. The van der Waals surface area contributed by atoms with Gasteiger partial charge in [-0.05, 0) is 5.92 Å². The number of amides is 1. The minimum absolute atomic E-state index is 0.137. The van der Waals surface area contributed by atoms with Crippen molar-refractivity contribution in [1.29, 1.82) is 0 Å². The van der Waals surface area contributed by atoms with Crippen molar-refractivity contribution in [1.82, 2.24) is 5.32 Å². The van der Waals surface area contributed by atoms with Crippen molar-refractivity contribution in [3.05, 3.63) is 0 Å². The van der Waals surface area contributed by atoms with Crippen molar-refractivity contribution in [3.8, 4) is 0 Å². The lowest BCUT2D eigenvalue weighted by Gasteiger charge is -2.15. The summed E-state index contributed by atoms with van der Waals surface area (Å²) in [5, 5.41) is 19.9. The highest BCUT2D eigenvalue weighted by Gasteiger charge is 2.12. The molecule has 0 spiro atoms. The van der Waals surface area contributed by atoms with Crippen LogP contribution in [0.5, 0.6) is 0 Å². The van der Waals surface area contributed by atoms with Crippen LogP contribution in [-0.2, 0) is 9.53 Å². The van der Waals surface area contributed by atoms with Crippen LogP contribution in [0.3, 0.4) is 0 Å². The van der Waals surface area contributed by atoms with Crippen molar-refractivity contribution in [2.24, 2.45) is 5.92 Å². The summed E-state index contributed by atoms with van der Waals surface area (Å²) < 4.78 is 4.88. The standard InChI is InChI=1S/C9H19NO4/c1-7(6-14-2)3-9(13)10-8(4-11)5-12/h7-8,11-12H,3-6H2,1-2H3,(H,10,13). The first kappa shape index (κ1) is 13.4. The number of aliphatic hydroxyl groups is 2. The molecule has 0 heterocycles. The molecule has 14 heavy (non-hydrogen) atoms. The molecule has 5 nitrogen and oxygen atoms in total. The maximum absolute atomic E-state index is 11.3. The number of methoxy groups -OCH3 is 1. The molecule has 5 heteroatoms. The van der Waals surface area contributed by atoms with Crippen LogP contribution in [-0.4, -0.2) is 49.1 Å². The molecule has 0 radical (unpaired) electrons. The molecule has 0 saturated heterocycles. The van der Waals surface area contributed by atoms with Gasteiger partial charge in [0.05, 0.1) is 19.3 Å². The van der Waals surface area contributed by atoms with Gasteiger partial charge in [0.15, 0.2) is 0 Å². The topological polar surface area (TPSA) is 78.8 Å². The Labute approximate surface area is 84.1 Å². The van der Waals surface area contributed by atoms with Crippen LogP contribution >= 0.6 is 0 Å². The number of hydrogen-bond acceptors (Lipinski definition) is 4. The average molecular weight is 205 g/mol. The molecule has 0 aliphatic heterocycles. The largest absolute Gasteiger partial charge is 0.394 e. The van der Waals surface area contributed by atoms with E-state index in [1.165, 1.54) is 0 Å². The fourth-order valence-corrected chi connectivity index (χ4v) is 1.10. The number of carbonyl (C=O) groups excluding carboxylic acids is 1. The lowest BCUT2D eigenvalue weighted by Crippen LogP contribution is -2.40. The van der Waals surface area contributed by atoms with Crippen LogP contribution in [0.4, 0.5) is 0 Å². The normalized spacial score (nSPS) is 12.9. The van der Waals surface area contributed by atoms with Gasteiger partial charge in [-0.3, -0.25) is 4.79 Å². The van der Waals surface area contributed by atoms with Crippen LogP contribution in [0.1, 0.15) is 13.3 Å². The smallest absolute Gasteiger partial charge is 0.220 e. The van der Waals surface area contributed by atoms with Crippen LogP contribution < -0.4 is 5.32 Å². The molecule has 0 aromatic rings. The summed E-state index contributed by atoms with van der Waals surface area (Å²) in [6.45, 7) is 1.92.